The van der Waals surface area contributed by atoms with E-state index < -0.39 is 0 Å². The van der Waals surface area contributed by atoms with E-state index in [0.717, 1.165) is 110 Å². The molecule has 2 aromatic heterocycles. The van der Waals surface area contributed by atoms with Gasteiger partial charge in [-0.25, -0.2) is 9.97 Å². The second-order valence-electron chi connectivity index (χ2n) is 12.3. The molecule has 3 fully saturated rings. The minimum Gasteiger partial charge on any atom is -0.481 e. The number of rotatable bonds is 9. The van der Waals surface area contributed by atoms with Gasteiger partial charge in [0.25, 0.3) is 0 Å². The summed E-state index contributed by atoms with van der Waals surface area (Å²) in [5.41, 5.74) is 7.41. The summed E-state index contributed by atoms with van der Waals surface area (Å²) < 4.78 is 11.5. The van der Waals surface area contributed by atoms with Crippen LogP contribution in [-0.4, -0.2) is 86.3 Å². The zero-order valence-electron chi connectivity index (χ0n) is 25.7. The van der Waals surface area contributed by atoms with Crippen molar-refractivity contribution in [2.45, 2.75) is 13.1 Å². The summed E-state index contributed by atoms with van der Waals surface area (Å²) in [6, 6.07) is 20.1. The number of hydrogen-bond donors (Lipinski definition) is 2. The molecule has 0 atom stereocenters. The molecule has 3 saturated heterocycles. The molecule has 234 valence electrons. The third-order valence-electron chi connectivity index (χ3n) is 9.22. The molecule has 10 heteroatoms. The average Bonchev–Trinajstić information content (AvgIpc) is 3.03. The predicted octanol–water partition coefficient (Wildman–Crippen LogP) is 5.61. The van der Waals surface area contributed by atoms with Gasteiger partial charge in [0.15, 0.2) is 0 Å². The van der Waals surface area contributed by atoms with E-state index in [9.17, 15) is 0 Å². The van der Waals surface area contributed by atoms with Crippen LogP contribution >= 0.6 is 23.2 Å². The molecule has 5 heterocycles. The summed E-state index contributed by atoms with van der Waals surface area (Å²) in [4.78, 5) is 14.6. The Hall–Kier alpha value is -3.24. The molecular formula is C35H38Cl2N6O2. The van der Waals surface area contributed by atoms with E-state index in [1.54, 1.807) is 14.2 Å². The Morgan fingerprint density at radius 1 is 0.667 bits per heavy atom. The Balaban J connectivity index is 1.15. The largest absolute Gasteiger partial charge is 0.481 e. The van der Waals surface area contributed by atoms with Gasteiger partial charge in [0, 0.05) is 104 Å². The van der Waals surface area contributed by atoms with E-state index in [2.05, 4.69) is 32.6 Å². The number of benzene rings is 2. The molecule has 3 aliphatic rings. The molecule has 45 heavy (non-hydrogen) atoms. The SMILES string of the molecule is COc1nc(-c2cccc(-c3cccc(-c4ccc(CN5CC6(CNC6)C5)c(OC)n4)c3Cl)c2Cl)ccc1CN1CCNCC1. The van der Waals surface area contributed by atoms with E-state index >= 15 is 0 Å². The van der Waals surface area contributed by atoms with Crippen LogP contribution in [-0.2, 0) is 13.1 Å². The number of halogens is 2. The van der Waals surface area contributed by atoms with Crippen molar-refractivity contribution in [3.63, 3.8) is 0 Å². The second-order valence-corrected chi connectivity index (χ2v) is 13.1. The van der Waals surface area contributed by atoms with Crippen molar-refractivity contribution in [1.29, 1.82) is 0 Å². The van der Waals surface area contributed by atoms with Gasteiger partial charge in [-0.1, -0.05) is 71.7 Å². The predicted molar refractivity (Wildman–Crippen MR) is 180 cm³/mol. The Labute approximate surface area is 274 Å². The monoisotopic (exact) mass is 644 g/mol. The Bertz CT molecular complexity index is 1700. The van der Waals surface area contributed by atoms with Gasteiger partial charge in [0.05, 0.1) is 35.7 Å². The van der Waals surface area contributed by atoms with Crippen molar-refractivity contribution in [1.82, 2.24) is 30.4 Å². The number of aromatic nitrogens is 2. The van der Waals surface area contributed by atoms with Crippen LogP contribution in [0, 0.1) is 5.41 Å². The molecule has 3 aliphatic heterocycles. The van der Waals surface area contributed by atoms with Gasteiger partial charge in [-0.3, -0.25) is 9.80 Å². The van der Waals surface area contributed by atoms with Crippen molar-refractivity contribution in [2.75, 3.05) is 66.6 Å². The molecule has 0 unspecified atom stereocenters. The summed E-state index contributed by atoms with van der Waals surface area (Å²) >= 11 is 14.2. The molecular weight excluding hydrogens is 607 g/mol. The lowest BCUT2D eigenvalue weighted by atomic mass is 9.74. The van der Waals surface area contributed by atoms with Crippen molar-refractivity contribution in [3.05, 3.63) is 81.8 Å². The zero-order chi connectivity index (χ0) is 31.0. The maximum Gasteiger partial charge on any atom is 0.218 e. The first kappa shape index (κ1) is 30.4. The van der Waals surface area contributed by atoms with Crippen LogP contribution in [0.25, 0.3) is 33.6 Å². The summed E-state index contributed by atoms with van der Waals surface area (Å²) in [5, 5.41) is 7.96. The first-order valence-corrected chi connectivity index (χ1v) is 16.2. The highest BCUT2D eigenvalue weighted by molar-refractivity contribution is 6.39. The summed E-state index contributed by atoms with van der Waals surface area (Å²) in [5.74, 6) is 1.24. The minimum atomic E-state index is 0.476. The van der Waals surface area contributed by atoms with Gasteiger partial charge in [-0.15, -0.1) is 0 Å². The van der Waals surface area contributed by atoms with Crippen LogP contribution < -0.4 is 20.1 Å². The lowest BCUT2D eigenvalue weighted by molar-refractivity contribution is -0.0448. The van der Waals surface area contributed by atoms with Gasteiger partial charge >= 0.3 is 0 Å². The molecule has 8 nitrogen and oxygen atoms in total. The van der Waals surface area contributed by atoms with Crippen molar-refractivity contribution < 1.29 is 9.47 Å². The number of hydrogen-bond acceptors (Lipinski definition) is 8. The minimum absolute atomic E-state index is 0.476. The number of piperazine rings is 1. The highest BCUT2D eigenvalue weighted by Gasteiger charge is 2.47. The molecule has 0 bridgehead atoms. The normalized spacial score (nSPS) is 18.0. The van der Waals surface area contributed by atoms with Crippen molar-refractivity contribution in [2.24, 2.45) is 5.41 Å². The van der Waals surface area contributed by atoms with Crippen LogP contribution in [0.3, 0.4) is 0 Å². The van der Waals surface area contributed by atoms with Crippen molar-refractivity contribution in [3.8, 4) is 45.4 Å². The molecule has 4 aromatic rings. The van der Waals surface area contributed by atoms with Gasteiger partial charge in [0.1, 0.15) is 0 Å². The molecule has 2 aromatic carbocycles. The molecule has 2 N–H and O–H groups in total. The van der Waals surface area contributed by atoms with Gasteiger partial charge in [-0.05, 0) is 12.1 Å². The lowest BCUT2D eigenvalue weighted by Crippen LogP contribution is -2.70. The number of pyridine rings is 2. The topological polar surface area (TPSA) is 74.8 Å². The third-order valence-corrected chi connectivity index (χ3v) is 10.0. The highest BCUT2D eigenvalue weighted by atomic mass is 35.5. The Morgan fingerprint density at radius 3 is 1.62 bits per heavy atom. The average molecular weight is 646 g/mol. The standard InChI is InChI=1S/C35H38Cl2N6O2/c1-44-33-23(17-42-15-13-38-14-16-42)9-11-29(40-33)27-7-3-5-25(31(27)36)26-6-4-8-28(32(26)37)30-12-10-24(34(41-30)45-2)18-43-21-35(22-43)19-39-20-35/h3-12,38-39H,13-22H2,1-2H3. The summed E-state index contributed by atoms with van der Waals surface area (Å²) in [6.07, 6.45) is 0. The van der Waals surface area contributed by atoms with Crippen LogP contribution in [0.1, 0.15) is 11.1 Å². The zero-order valence-corrected chi connectivity index (χ0v) is 27.2. The van der Waals surface area contributed by atoms with Crippen LogP contribution in [0.5, 0.6) is 11.8 Å². The molecule has 1 spiro atoms. The first-order valence-electron chi connectivity index (χ1n) is 15.5. The molecule has 0 amide bonds. The Kier molecular flexibility index (Phi) is 8.70. The molecule has 0 aliphatic carbocycles. The maximum absolute atomic E-state index is 7.12. The number of ether oxygens (including phenoxy) is 2. The second kappa shape index (κ2) is 12.9. The fourth-order valence-electron chi connectivity index (χ4n) is 6.78. The van der Waals surface area contributed by atoms with Gasteiger partial charge in [-0.2, -0.15) is 0 Å². The lowest BCUT2D eigenvalue weighted by Gasteiger charge is -2.56. The number of likely N-dealkylation sites (tertiary alicyclic amines) is 1. The van der Waals surface area contributed by atoms with E-state index in [0.29, 0.717) is 27.2 Å². The summed E-state index contributed by atoms with van der Waals surface area (Å²) in [6.45, 7) is 10.1. The van der Waals surface area contributed by atoms with E-state index in [4.69, 9.17) is 42.6 Å². The van der Waals surface area contributed by atoms with E-state index in [-0.39, 0.29) is 0 Å². The van der Waals surface area contributed by atoms with Crippen LogP contribution in [0.15, 0.2) is 60.7 Å². The first-order chi connectivity index (χ1) is 22.0. The van der Waals surface area contributed by atoms with Crippen LogP contribution in [0.4, 0.5) is 0 Å². The molecule has 0 saturated carbocycles. The van der Waals surface area contributed by atoms with E-state index in [1.165, 1.54) is 0 Å². The third kappa shape index (κ3) is 6.03. The Morgan fingerprint density at radius 2 is 1.16 bits per heavy atom. The fraction of sp³-hybridized carbons (Fsp3) is 0.371. The molecule has 0 radical (unpaired) electrons. The fourth-order valence-corrected chi connectivity index (χ4v) is 7.42. The maximum atomic E-state index is 7.12. The van der Waals surface area contributed by atoms with Crippen molar-refractivity contribution >= 4 is 23.2 Å². The summed E-state index contributed by atoms with van der Waals surface area (Å²) in [7, 11) is 3.34. The number of nitrogens with zero attached hydrogens (tertiary/aromatic N) is 4. The smallest absolute Gasteiger partial charge is 0.218 e. The number of methoxy groups -OCH3 is 2. The van der Waals surface area contributed by atoms with Gasteiger partial charge in [0.2, 0.25) is 11.8 Å². The van der Waals surface area contributed by atoms with E-state index in [1.807, 2.05) is 48.5 Å². The number of nitrogens with one attached hydrogen (secondary N) is 2. The van der Waals surface area contributed by atoms with Gasteiger partial charge < -0.3 is 20.1 Å². The van der Waals surface area contributed by atoms with Crippen LogP contribution in [0.2, 0.25) is 10.0 Å². The highest BCUT2D eigenvalue weighted by Crippen LogP contribution is 2.43. The molecule has 7 rings (SSSR count). The quantitative estimate of drug-likeness (QED) is 0.244.